The quantitative estimate of drug-likeness (QED) is 0.885. The minimum atomic E-state index is -0.497. The third kappa shape index (κ3) is 3.58. The number of halogens is 1. The Kier molecular flexibility index (Phi) is 4.55. The molecule has 21 heavy (non-hydrogen) atoms. The van der Waals surface area contributed by atoms with Crippen molar-refractivity contribution in [2.75, 3.05) is 12.4 Å². The van der Waals surface area contributed by atoms with Gasteiger partial charge in [0, 0.05) is 16.9 Å². The highest BCUT2D eigenvalue weighted by molar-refractivity contribution is 6.30. The molecule has 0 saturated heterocycles. The normalized spacial score (nSPS) is 10.0. The molecular formula is C15H13ClN2O3. The predicted molar refractivity (Wildman–Crippen MR) is 79.7 cm³/mol. The summed E-state index contributed by atoms with van der Waals surface area (Å²) in [5.41, 5.74) is 2.00. The zero-order valence-electron chi connectivity index (χ0n) is 11.5. The van der Waals surface area contributed by atoms with Crippen molar-refractivity contribution in [3.05, 3.63) is 58.4 Å². The Morgan fingerprint density at radius 1 is 1.24 bits per heavy atom. The Labute approximate surface area is 126 Å². The molecule has 1 aromatic heterocycles. The van der Waals surface area contributed by atoms with Gasteiger partial charge in [-0.2, -0.15) is 0 Å². The molecule has 0 saturated carbocycles. The highest BCUT2D eigenvalue weighted by Gasteiger charge is 2.11. The lowest BCUT2D eigenvalue weighted by Crippen LogP contribution is -2.15. The van der Waals surface area contributed by atoms with Gasteiger partial charge in [0.05, 0.1) is 12.7 Å². The largest absolute Gasteiger partial charge is 0.465 e. The number of nitrogens with zero attached hydrogens (tertiary/aromatic N) is 1. The summed E-state index contributed by atoms with van der Waals surface area (Å²) >= 11 is 5.86. The van der Waals surface area contributed by atoms with E-state index in [2.05, 4.69) is 15.0 Å². The fraction of sp³-hybridized carbons (Fsp3) is 0.133. The number of esters is 1. The van der Waals surface area contributed by atoms with E-state index in [1.165, 1.54) is 25.4 Å². The lowest BCUT2D eigenvalue weighted by atomic mass is 10.2. The molecule has 0 spiro atoms. The first kappa shape index (κ1) is 15.0. The van der Waals surface area contributed by atoms with Crippen LogP contribution in [-0.2, 0) is 4.74 Å². The average Bonchev–Trinajstić information content (AvgIpc) is 2.49. The maximum atomic E-state index is 12.1. The molecule has 0 aliphatic rings. The number of benzene rings is 1. The van der Waals surface area contributed by atoms with E-state index < -0.39 is 5.97 Å². The van der Waals surface area contributed by atoms with Crippen molar-refractivity contribution in [3.63, 3.8) is 0 Å². The smallest absolute Gasteiger partial charge is 0.339 e. The zero-order chi connectivity index (χ0) is 15.4. The van der Waals surface area contributed by atoms with Gasteiger partial charge in [-0.1, -0.05) is 11.6 Å². The first-order valence-corrected chi connectivity index (χ1v) is 6.51. The Hall–Kier alpha value is -2.40. The van der Waals surface area contributed by atoms with Crippen LogP contribution in [0.5, 0.6) is 0 Å². The topological polar surface area (TPSA) is 68.3 Å². The fourth-order valence-electron chi connectivity index (χ4n) is 1.72. The molecule has 0 aliphatic heterocycles. The molecule has 0 unspecified atom stereocenters. The summed E-state index contributed by atoms with van der Waals surface area (Å²) in [5, 5.41) is 3.34. The molecule has 0 bridgehead atoms. The van der Waals surface area contributed by atoms with E-state index in [0.29, 0.717) is 10.7 Å². The third-order valence-electron chi connectivity index (χ3n) is 2.85. The molecule has 2 rings (SSSR count). The maximum absolute atomic E-state index is 12.1. The first-order valence-electron chi connectivity index (χ1n) is 6.13. The van der Waals surface area contributed by atoms with Crippen molar-refractivity contribution >= 4 is 29.2 Å². The third-order valence-corrected chi connectivity index (χ3v) is 3.09. The number of ether oxygens (including phenoxy) is 1. The number of carbonyl (C=O) groups excluding carboxylic acids is 2. The van der Waals surface area contributed by atoms with Gasteiger partial charge in [0.1, 0.15) is 5.69 Å². The van der Waals surface area contributed by atoms with E-state index in [1.54, 1.807) is 18.2 Å². The summed E-state index contributed by atoms with van der Waals surface area (Å²) in [6, 6.07) is 8.12. The number of anilines is 1. The molecule has 5 nitrogen and oxygen atoms in total. The van der Waals surface area contributed by atoms with Crippen LogP contribution in [0.15, 0.2) is 36.5 Å². The number of rotatable bonds is 3. The molecule has 0 fully saturated rings. The molecular weight excluding hydrogens is 292 g/mol. The minimum Gasteiger partial charge on any atom is -0.465 e. The van der Waals surface area contributed by atoms with Crippen LogP contribution in [0.4, 0.5) is 5.69 Å². The van der Waals surface area contributed by atoms with Gasteiger partial charge in [-0.15, -0.1) is 0 Å². The fourth-order valence-corrected chi connectivity index (χ4v) is 1.95. The van der Waals surface area contributed by atoms with Gasteiger partial charge < -0.3 is 10.1 Å². The van der Waals surface area contributed by atoms with Gasteiger partial charge in [0.25, 0.3) is 5.91 Å². The maximum Gasteiger partial charge on any atom is 0.339 e. The van der Waals surface area contributed by atoms with Crippen LogP contribution in [0.3, 0.4) is 0 Å². The summed E-state index contributed by atoms with van der Waals surface area (Å²) in [4.78, 5) is 27.3. The van der Waals surface area contributed by atoms with Crippen LogP contribution >= 0.6 is 11.6 Å². The second-order valence-electron chi connectivity index (χ2n) is 4.34. The van der Waals surface area contributed by atoms with Crippen LogP contribution in [0.25, 0.3) is 0 Å². The molecule has 6 heteroatoms. The average molecular weight is 305 g/mol. The summed E-state index contributed by atoms with van der Waals surface area (Å²) in [7, 11) is 1.28. The minimum absolute atomic E-state index is 0.206. The van der Waals surface area contributed by atoms with Crippen LogP contribution in [0.2, 0.25) is 5.02 Å². The number of amides is 1. The predicted octanol–water partition coefficient (Wildman–Crippen LogP) is 3.08. The number of pyridine rings is 1. The monoisotopic (exact) mass is 304 g/mol. The van der Waals surface area contributed by atoms with Crippen molar-refractivity contribution in [1.82, 2.24) is 4.98 Å². The SMILES string of the molecule is COC(=O)c1ccc(C(=O)Nc2ccc(Cl)cc2C)nc1. The van der Waals surface area contributed by atoms with Crippen LogP contribution in [0.1, 0.15) is 26.4 Å². The lowest BCUT2D eigenvalue weighted by Gasteiger charge is -2.08. The van der Waals surface area contributed by atoms with E-state index in [9.17, 15) is 9.59 Å². The van der Waals surface area contributed by atoms with Crippen molar-refractivity contribution in [3.8, 4) is 0 Å². The van der Waals surface area contributed by atoms with Crippen LogP contribution in [0, 0.1) is 6.92 Å². The van der Waals surface area contributed by atoms with E-state index >= 15 is 0 Å². The molecule has 2 aromatic rings. The van der Waals surface area contributed by atoms with Gasteiger partial charge in [0.15, 0.2) is 0 Å². The summed E-state index contributed by atoms with van der Waals surface area (Å²) in [6.45, 7) is 1.84. The number of aryl methyl sites for hydroxylation is 1. The molecule has 108 valence electrons. The standard InChI is InChI=1S/C15H13ClN2O3/c1-9-7-11(16)4-6-12(9)18-14(19)13-5-3-10(8-17-13)15(20)21-2/h3-8H,1-2H3,(H,18,19). The molecule has 0 aliphatic carbocycles. The van der Waals surface area contributed by atoms with Gasteiger partial charge >= 0.3 is 5.97 Å². The van der Waals surface area contributed by atoms with Gasteiger partial charge in [0.2, 0.25) is 0 Å². The number of carbonyl (C=O) groups is 2. The number of methoxy groups -OCH3 is 1. The number of aromatic nitrogens is 1. The molecule has 1 N–H and O–H groups in total. The summed E-state index contributed by atoms with van der Waals surface area (Å²) in [6.07, 6.45) is 1.30. The number of hydrogen-bond acceptors (Lipinski definition) is 4. The van der Waals surface area contributed by atoms with E-state index in [1.807, 2.05) is 6.92 Å². The van der Waals surface area contributed by atoms with Crippen LogP contribution in [-0.4, -0.2) is 24.0 Å². The molecule has 0 radical (unpaired) electrons. The first-order chi connectivity index (χ1) is 10.0. The molecule has 0 atom stereocenters. The highest BCUT2D eigenvalue weighted by Crippen LogP contribution is 2.20. The van der Waals surface area contributed by atoms with Crippen molar-refractivity contribution < 1.29 is 14.3 Å². The second kappa shape index (κ2) is 6.37. The second-order valence-corrected chi connectivity index (χ2v) is 4.77. The Balaban J connectivity index is 2.15. The summed E-state index contributed by atoms with van der Waals surface area (Å²) in [5.74, 6) is -0.861. The van der Waals surface area contributed by atoms with Crippen molar-refractivity contribution in [2.45, 2.75) is 6.92 Å². The van der Waals surface area contributed by atoms with Crippen molar-refractivity contribution in [1.29, 1.82) is 0 Å². The highest BCUT2D eigenvalue weighted by atomic mass is 35.5. The van der Waals surface area contributed by atoms with E-state index in [-0.39, 0.29) is 17.2 Å². The zero-order valence-corrected chi connectivity index (χ0v) is 12.3. The molecule has 1 amide bonds. The summed E-state index contributed by atoms with van der Waals surface area (Å²) < 4.78 is 4.57. The molecule has 1 heterocycles. The van der Waals surface area contributed by atoms with E-state index in [4.69, 9.17) is 11.6 Å². The Bertz CT molecular complexity index is 684. The molecule has 1 aromatic carbocycles. The van der Waals surface area contributed by atoms with Crippen LogP contribution < -0.4 is 5.32 Å². The Morgan fingerprint density at radius 2 is 2.00 bits per heavy atom. The van der Waals surface area contributed by atoms with Gasteiger partial charge in [-0.3, -0.25) is 9.78 Å². The van der Waals surface area contributed by atoms with E-state index in [0.717, 1.165) is 5.56 Å². The Morgan fingerprint density at radius 3 is 2.57 bits per heavy atom. The van der Waals surface area contributed by atoms with Gasteiger partial charge in [-0.25, -0.2) is 4.79 Å². The lowest BCUT2D eigenvalue weighted by molar-refractivity contribution is 0.0600. The van der Waals surface area contributed by atoms with Gasteiger partial charge in [-0.05, 0) is 42.8 Å². The number of nitrogens with one attached hydrogen (secondary N) is 1. The van der Waals surface area contributed by atoms with Crippen molar-refractivity contribution in [2.24, 2.45) is 0 Å². The number of hydrogen-bond donors (Lipinski definition) is 1.